The summed E-state index contributed by atoms with van der Waals surface area (Å²) in [5, 5.41) is 14.2. The van der Waals surface area contributed by atoms with Gasteiger partial charge in [0, 0.05) is 0 Å². The zero-order chi connectivity index (χ0) is 9.14. The molecule has 0 fully saturated rings. The molecule has 1 heterocycles. The smallest absolute Gasteiger partial charge is 0.373 e. The maximum Gasteiger partial charge on any atom is 0.373 e. The molecule has 0 aliphatic rings. The zero-order valence-electron chi connectivity index (χ0n) is 6.74. The number of H-pyrrole nitrogens is 1. The monoisotopic (exact) mass is 171 g/mol. The van der Waals surface area contributed by atoms with Gasteiger partial charge in [-0.2, -0.15) is 4.98 Å². The molecular weight excluding hydrogens is 162 g/mol. The van der Waals surface area contributed by atoms with E-state index in [1.807, 2.05) is 0 Å². The third-order valence-corrected chi connectivity index (χ3v) is 1.01. The van der Waals surface area contributed by atoms with Crippen molar-refractivity contribution in [1.82, 2.24) is 15.2 Å². The van der Waals surface area contributed by atoms with Crippen LogP contribution in [0.3, 0.4) is 0 Å². The van der Waals surface area contributed by atoms with E-state index in [0.29, 0.717) is 0 Å². The number of carboxylic acid groups (broad SMARTS) is 1. The Bertz CT molecular complexity index is 281. The predicted octanol–water partition coefficient (Wildman–Crippen LogP) is 0.290. The third-order valence-electron chi connectivity index (χ3n) is 1.01. The van der Waals surface area contributed by atoms with Crippen LogP contribution in [0.1, 0.15) is 24.5 Å². The molecule has 0 saturated heterocycles. The molecule has 1 rings (SSSR count). The molecule has 0 radical (unpaired) electrons. The maximum absolute atomic E-state index is 10.3. The Kier molecular flexibility index (Phi) is 2.27. The molecule has 0 aliphatic heterocycles. The molecule has 0 spiro atoms. The van der Waals surface area contributed by atoms with Crippen molar-refractivity contribution in [2.24, 2.45) is 0 Å². The first-order valence-electron chi connectivity index (χ1n) is 3.42. The van der Waals surface area contributed by atoms with Gasteiger partial charge in [0.15, 0.2) is 0 Å². The molecule has 0 amide bonds. The van der Waals surface area contributed by atoms with Gasteiger partial charge in [0.1, 0.15) is 0 Å². The van der Waals surface area contributed by atoms with Gasteiger partial charge in [-0.1, -0.05) is 0 Å². The van der Waals surface area contributed by atoms with Gasteiger partial charge in [-0.25, -0.2) is 4.79 Å². The van der Waals surface area contributed by atoms with Gasteiger partial charge in [-0.3, -0.25) is 5.10 Å². The van der Waals surface area contributed by atoms with Crippen LogP contribution in [-0.4, -0.2) is 32.4 Å². The Labute approximate surface area is 68.6 Å². The topological polar surface area (TPSA) is 88.1 Å². The van der Waals surface area contributed by atoms with Crippen molar-refractivity contribution >= 4 is 5.97 Å². The van der Waals surface area contributed by atoms with Gasteiger partial charge in [0.25, 0.3) is 0 Å². The molecule has 0 bridgehead atoms. The summed E-state index contributed by atoms with van der Waals surface area (Å²) in [7, 11) is 0. The van der Waals surface area contributed by atoms with Crippen molar-refractivity contribution < 1.29 is 14.6 Å². The molecule has 0 saturated carbocycles. The Hall–Kier alpha value is -1.59. The fourth-order valence-electron chi connectivity index (χ4n) is 0.606. The van der Waals surface area contributed by atoms with E-state index in [4.69, 9.17) is 9.84 Å². The number of carbonyl (C=O) groups is 1. The van der Waals surface area contributed by atoms with Crippen LogP contribution in [0.4, 0.5) is 0 Å². The summed E-state index contributed by atoms with van der Waals surface area (Å²) in [5.41, 5.74) is 0. The molecule has 6 nitrogen and oxygen atoms in total. The Balaban J connectivity index is 2.71. The molecule has 1 aromatic heterocycles. The Morgan fingerprint density at radius 1 is 1.67 bits per heavy atom. The summed E-state index contributed by atoms with van der Waals surface area (Å²) in [6.45, 7) is 3.60. The largest absolute Gasteiger partial charge is 0.475 e. The van der Waals surface area contributed by atoms with Crippen molar-refractivity contribution in [3.05, 3.63) is 5.82 Å². The third kappa shape index (κ3) is 1.94. The fraction of sp³-hybridized carbons (Fsp3) is 0.500. The molecule has 1 aromatic rings. The summed E-state index contributed by atoms with van der Waals surface area (Å²) in [6, 6.07) is 0.0578. The highest BCUT2D eigenvalue weighted by Gasteiger charge is 2.10. The Morgan fingerprint density at radius 3 is 2.75 bits per heavy atom. The lowest BCUT2D eigenvalue weighted by Crippen LogP contribution is -2.06. The number of ether oxygens (including phenoxy) is 1. The van der Waals surface area contributed by atoms with Crippen LogP contribution in [0.5, 0.6) is 6.01 Å². The first-order valence-corrected chi connectivity index (χ1v) is 3.42. The molecule has 0 aliphatic carbocycles. The van der Waals surface area contributed by atoms with Crippen LogP contribution in [0.25, 0.3) is 0 Å². The summed E-state index contributed by atoms with van der Waals surface area (Å²) in [5.74, 6) is -1.37. The summed E-state index contributed by atoms with van der Waals surface area (Å²) >= 11 is 0. The van der Waals surface area contributed by atoms with E-state index < -0.39 is 5.97 Å². The normalized spacial score (nSPS) is 10.2. The van der Waals surface area contributed by atoms with E-state index in [1.54, 1.807) is 13.8 Å². The SMILES string of the molecule is CC(C)Oc1n[nH]c(C(=O)O)n1. The number of nitrogens with one attached hydrogen (secondary N) is 1. The highest BCUT2D eigenvalue weighted by Crippen LogP contribution is 2.03. The Morgan fingerprint density at radius 2 is 2.33 bits per heavy atom. The van der Waals surface area contributed by atoms with E-state index in [-0.39, 0.29) is 17.9 Å². The van der Waals surface area contributed by atoms with E-state index in [2.05, 4.69) is 15.2 Å². The quantitative estimate of drug-likeness (QED) is 0.682. The number of carboxylic acids is 1. The number of hydrogen-bond acceptors (Lipinski definition) is 4. The number of aromatic nitrogens is 3. The number of nitrogens with zero attached hydrogens (tertiary/aromatic N) is 2. The van der Waals surface area contributed by atoms with Gasteiger partial charge in [-0.05, 0) is 13.8 Å². The van der Waals surface area contributed by atoms with Crippen LogP contribution in [0.2, 0.25) is 0 Å². The fourth-order valence-corrected chi connectivity index (χ4v) is 0.606. The van der Waals surface area contributed by atoms with Crippen LogP contribution >= 0.6 is 0 Å². The second-order valence-electron chi connectivity index (χ2n) is 2.44. The lowest BCUT2D eigenvalue weighted by Gasteiger charge is -2.02. The highest BCUT2D eigenvalue weighted by atomic mass is 16.5. The first-order chi connectivity index (χ1) is 5.59. The number of rotatable bonds is 3. The van der Waals surface area contributed by atoms with Gasteiger partial charge in [0.2, 0.25) is 5.82 Å². The van der Waals surface area contributed by atoms with Crippen LogP contribution in [0, 0.1) is 0 Å². The molecule has 0 unspecified atom stereocenters. The number of hydrogen-bond donors (Lipinski definition) is 2. The van der Waals surface area contributed by atoms with Crippen LogP contribution in [-0.2, 0) is 0 Å². The molecule has 6 heteroatoms. The molecule has 0 atom stereocenters. The second kappa shape index (κ2) is 3.21. The number of aromatic amines is 1. The van der Waals surface area contributed by atoms with E-state index in [9.17, 15) is 4.79 Å². The molecule has 2 N–H and O–H groups in total. The molecular formula is C6H9N3O3. The average molecular weight is 171 g/mol. The molecule has 12 heavy (non-hydrogen) atoms. The van der Waals surface area contributed by atoms with Crippen molar-refractivity contribution in [3.63, 3.8) is 0 Å². The van der Waals surface area contributed by atoms with Crippen LogP contribution in [0.15, 0.2) is 0 Å². The van der Waals surface area contributed by atoms with Crippen molar-refractivity contribution in [1.29, 1.82) is 0 Å². The minimum atomic E-state index is -1.15. The standard InChI is InChI=1S/C6H9N3O3/c1-3(2)12-6-7-4(5(10)11)8-9-6/h3H,1-2H3,(H,10,11)(H,7,8,9). The highest BCUT2D eigenvalue weighted by molar-refractivity contribution is 5.82. The maximum atomic E-state index is 10.3. The van der Waals surface area contributed by atoms with E-state index >= 15 is 0 Å². The first kappa shape index (κ1) is 8.51. The lowest BCUT2D eigenvalue weighted by molar-refractivity contribution is 0.0683. The minimum Gasteiger partial charge on any atom is -0.475 e. The van der Waals surface area contributed by atoms with Crippen LogP contribution < -0.4 is 4.74 Å². The van der Waals surface area contributed by atoms with Gasteiger partial charge < -0.3 is 9.84 Å². The molecule has 0 aromatic carbocycles. The predicted molar refractivity (Wildman–Crippen MR) is 39.1 cm³/mol. The minimum absolute atomic E-state index is 0.0578. The van der Waals surface area contributed by atoms with Gasteiger partial charge >= 0.3 is 12.0 Å². The zero-order valence-corrected chi connectivity index (χ0v) is 6.74. The van der Waals surface area contributed by atoms with Crippen molar-refractivity contribution in [2.75, 3.05) is 0 Å². The van der Waals surface area contributed by atoms with Crippen molar-refractivity contribution in [3.8, 4) is 6.01 Å². The number of aromatic carboxylic acids is 1. The molecule has 66 valence electrons. The van der Waals surface area contributed by atoms with E-state index in [0.717, 1.165) is 0 Å². The van der Waals surface area contributed by atoms with Gasteiger partial charge in [-0.15, -0.1) is 5.10 Å². The summed E-state index contributed by atoms with van der Waals surface area (Å²) in [6.07, 6.45) is -0.0672. The second-order valence-corrected chi connectivity index (χ2v) is 2.44. The summed E-state index contributed by atoms with van der Waals surface area (Å²) < 4.78 is 5.03. The van der Waals surface area contributed by atoms with Crippen molar-refractivity contribution in [2.45, 2.75) is 20.0 Å². The lowest BCUT2D eigenvalue weighted by atomic mass is 10.5. The van der Waals surface area contributed by atoms with E-state index in [1.165, 1.54) is 0 Å². The van der Waals surface area contributed by atoms with Gasteiger partial charge in [0.05, 0.1) is 6.10 Å². The summed E-state index contributed by atoms with van der Waals surface area (Å²) in [4.78, 5) is 13.9. The average Bonchev–Trinajstić information content (AvgIpc) is 2.34.